The Hall–Kier alpha value is -4.41. The van der Waals surface area contributed by atoms with Crippen LogP contribution in [0.5, 0.6) is 0 Å². The Balaban J connectivity index is 1.23. The number of nitrogens with zero attached hydrogens (tertiary/aromatic N) is 4. The first-order valence-corrected chi connectivity index (χ1v) is 17.0. The third-order valence-electron chi connectivity index (χ3n) is 8.34. The van der Waals surface area contributed by atoms with Crippen molar-refractivity contribution in [2.45, 2.75) is 32.2 Å². The normalized spacial score (nSPS) is 14.5. The number of benzene rings is 2. The monoisotopic (exact) mass is 608 g/mol. The fourth-order valence-electron chi connectivity index (χ4n) is 6.16. The molecule has 4 aromatic heterocycles. The predicted molar refractivity (Wildman–Crippen MR) is 172 cm³/mol. The zero-order valence-corrected chi connectivity index (χ0v) is 25.3. The molecule has 44 heavy (non-hydrogen) atoms. The highest BCUT2D eigenvalue weighted by Crippen LogP contribution is 2.35. The molecule has 0 saturated carbocycles. The number of fused-ring (bicyclic) bond motifs is 2. The van der Waals surface area contributed by atoms with E-state index in [4.69, 9.17) is 4.98 Å². The summed E-state index contributed by atoms with van der Waals surface area (Å²) in [6.07, 6.45) is 10.8. The summed E-state index contributed by atoms with van der Waals surface area (Å²) >= 11 is 0. The van der Waals surface area contributed by atoms with Crippen LogP contribution in [0.3, 0.4) is 0 Å². The van der Waals surface area contributed by atoms with E-state index in [9.17, 15) is 12.8 Å². The van der Waals surface area contributed by atoms with Gasteiger partial charge < -0.3 is 4.98 Å². The molecule has 6 aromatic rings. The van der Waals surface area contributed by atoms with Crippen LogP contribution in [0, 0.1) is 5.82 Å². The number of hydrogen-bond donors (Lipinski definition) is 2. The lowest BCUT2D eigenvalue weighted by molar-refractivity contribution is 0.220. The van der Waals surface area contributed by atoms with Crippen LogP contribution < -0.4 is 0 Å². The lowest BCUT2D eigenvalue weighted by atomic mass is 9.98. The molecule has 1 fully saturated rings. The molecule has 1 aliphatic rings. The summed E-state index contributed by atoms with van der Waals surface area (Å²) in [5.74, 6) is -0.428. The number of aryl methyl sites for hydroxylation is 1. The van der Waals surface area contributed by atoms with E-state index in [2.05, 4.69) is 31.1 Å². The van der Waals surface area contributed by atoms with Crippen LogP contribution in [-0.4, -0.2) is 63.6 Å². The van der Waals surface area contributed by atoms with Crippen molar-refractivity contribution in [1.29, 1.82) is 0 Å². The van der Waals surface area contributed by atoms with Crippen molar-refractivity contribution in [1.82, 2.24) is 30.0 Å². The van der Waals surface area contributed by atoms with Gasteiger partial charge in [-0.2, -0.15) is 5.10 Å². The van der Waals surface area contributed by atoms with E-state index in [0.717, 1.165) is 69.6 Å². The van der Waals surface area contributed by atoms with E-state index in [0.29, 0.717) is 11.1 Å². The molecule has 0 radical (unpaired) electrons. The maximum absolute atomic E-state index is 14.7. The number of likely N-dealkylation sites (tertiary alicyclic amines) is 1. The second-order valence-electron chi connectivity index (χ2n) is 11.8. The molecule has 2 aromatic carbocycles. The molecule has 1 aliphatic heterocycles. The van der Waals surface area contributed by atoms with Gasteiger partial charge in [-0.15, -0.1) is 0 Å². The predicted octanol–water partition coefficient (Wildman–Crippen LogP) is 6.55. The molecule has 0 spiro atoms. The molecule has 0 aliphatic carbocycles. The van der Waals surface area contributed by atoms with E-state index >= 15 is 0 Å². The molecule has 1 saturated heterocycles. The Bertz CT molecular complexity index is 2100. The van der Waals surface area contributed by atoms with Gasteiger partial charge in [0.15, 0.2) is 0 Å². The second kappa shape index (κ2) is 11.6. The summed E-state index contributed by atoms with van der Waals surface area (Å²) < 4.78 is 38.1. The van der Waals surface area contributed by atoms with E-state index in [1.54, 1.807) is 6.20 Å². The van der Waals surface area contributed by atoms with Crippen molar-refractivity contribution in [3.63, 3.8) is 0 Å². The van der Waals surface area contributed by atoms with Gasteiger partial charge in [0, 0.05) is 47.0 Å². The highest BCUT2D eigenvalue weighted by atomic mass is 32.2. The number of sulfone groups is 1. The maximum Gasteiger partial charge on any atom is 0.147 e. The van der Waals surface area contributed by atoms with E-state index in [-0.39, 0.29) is 12.2 Å². The van der Waals surface area contributed by atoms with Crippen molar-refractivity contribution >= 4 is 31.6 Å². The number of aromatic amines is 2. The molecule has 0 bridgehead atoms. The van der Waals surface area contributed by atoms with Gasteiger partial charge in [0.2, 0.25) is 0 Å². The number of hydrogen-bond acceptors (Lipinski definition) is 6. The van der Waals surface area contributed by atoms with Gasteiger partial charge in [0.25, 0.3) is 0 Å². The molecule has 8 nitrogen and oxygen atoms in total. The van der Waals surface area contributed by atoms with Crippen LogP contribution in [0.15, 0.2) is 73.2 Å². The molecule has 2 N–H and O–H groups in total. The number of pyridine rings is 2. The fourth-order valence-corrected chi connectivity index (χ4v) is 6.76. The van der Waals surface area contributed by atoms with Gasteiger partial charge in [0.1, 0.15) is 21.3 Å². The van der Waals surface area contributed by atoms with Crippen LogP contribution in [0.4, 0.5) is 4.39 Å². The summed E-state index contributed by atoms with van der Waals surface area (Å²) in [4.78, 5) is 15.2. The topological polar surface area (TPSA) is 108 Å². The molecular weight excluding hydrogens is 575 g/mol. The molecule has 10 heteroatoms. The van der Waals surface area contributed by atoms with Crippen molar-refractivity contribution in [2.75, 3.05) is 25.1 Å². The summed E-state index contributed by atoms with van der Waals surface area (Å²) in [5.41, 5.74) is 8.45. The van der Waals surface area contributed by atoms with E-state index in [1.165, 1.54) is 43.2 Å². The quantitative estimate of drug-likeness (QED) is 0.203. The Morgan fingerprint density at radius 3 is 2.57 bits per heavy atom. The zero-order valence-electron chi connectivity index (χ0n) is 24.5. The van der Waals surface area contributed by atoms with Gasteiger partial charge in [-0.3, -0.25) is 20.0 Å². The number of piperidine rings is 1. The van der Waals surface area contributed by atoms with Crippen LogP contribution in [0.25, 0.3) is 55.6 Å². The molecule has 0 amide bonds. The van der Waals surface area contributed by atoms with Gasteiger partial charge in [-0.25, -0.2) is 12.8 Å². The molecule has 224 valence electrons. The molecule has 0 atom stereocenters. The van der Waals surface area contributed by atoms with Gasteiger partial charge in [-0.1, -0.05) is 24.6 Å². The SMILES string of the molecule is CS(=O)(=O)CCc1cc(F)cc(-c2cccc3[nH]c(-c4n[nH]c5cnc(-c6cncc(CN7CCCCC7)c6)cc45)cc23)c1. The van der Waals surface area contributed by atoms with Crippen molar-refractivity contribution < 1.29 is 12.8 Å². The van der Waals surface area contributed by atoms with E-state index in [1.807, 2.05) is 48.8 Å². The Morgan fingerprint density at radius 1 is 0.886 bits per heavy atom. The fraction of sp³-hybridized carbons (Fsp3) is 0.265. The van der Waals surface area contributed by atoms with Crippen LogP contribution in [0.1, 0.15) is 30.4 Å². The zero-order chi connectivity index (χ0) is 30.3. The third kappa shape index (κ3) is 6.00. The van der Waals surface area contributed by atoms with Crippen molar-refractivity contribution in [3.05, 3.63) is 90.1 Å². The number of H-pyrrole nitrogens is 2. The molecular formula is C34H33FN6O2S. The first-order valence-electron chi connectivity index (χ1n) is 14.9. The first kappa shape index (κ1) is 28.4. The molecule has 5 heterocycles. The summed E-state index contributed by atoms with van der Waals surface area (Å²) in [6.45, 7) is 3.15. The number of aromatic nitrogens is 5. The van der Waals surface area contributed by atoms with Gasteiger partial charge in [-0.05, 0) is 91.0 Å². The molecule has 7 rings (SSSR count). The van der Waals surface area contributed by atoms with E-state index < -0.39 is 15.7 Å². The highest BCUT2D eigenvalue weighted by molar-refractivity contribution is 7.90. The second-order valence-corrected chi connectivity index (χ2v) is 14.0. The first-order chi connectivity index (χ1) is 21.3. The lowest BCUT2D eigenvalue weighted by Crippen LogP contribution is -2.29. The number of nitrogens with one attached hydrogen (secondary N) is 2. The van der Waals surface area contributed by atoms with Crippen molar-refractivity contribution in [3.8, 4) is 33.8 Å². The Labute approximate surface area is 255 Å². The average Bonchev–Trinajstić information content (AvgIpc) is 3.64. The minimum atomic E-state index is -3.16. The van der Waals surface area contributed by atoms with Gasteiger partial charge in [0.05, 0.1) is 28.9 Å². The maximum atomic E-state index is 14.7. The third-order valence-corrected chi connectivity index (χ3v) is 9.29. The highest BCUT2D eigenvalue weighted by Gasteiger charge is 2.17. The van der Waals surface area contributed by atoms with Gasteiger partial charge >= 0.3 is 0 Å². The standard InChI is InChI=1S/C34H33FN6O2S/c1-44(42,43)11-8-22-12-24(15-26(35)14-22)27-6-5-7-30-28(27)16-32(38-30)34-29-17-31(37-20-33(29)39-40-34)25-13-23(18-36-19-25)21-41-9-3-2-4-10-41/h5-7,12-20,38H,2-4,8-11,21H2,1H3,(H,39,40). The van der Waals surface area contributed by atoms with Crippen LogP contribution in [0.2, 0.25) is 0 Å². The van der Waals surface area contributed by atoms with Crippen LogP contribution >= 0.6 is 0 Å². The summed E-state index contributed by atoms with van der Waals surface area (Å²) in [5, 5.41) is 9.59. The number of halogens is 1. The Morgan fingerprint density at radius 2 is 1.73 bits per heavy atom. The summed E-state index contributed by atoms with van der Waals surface area (Å²) in [7, 11) is -3.16. The lowest BCUT2D eigenvalue weighted by Gasteiger charge is -2.26. The minimum absolute atomic E-state index is 0.0315. The summed E-state index contributed by atoms with van der Waals surface area (Å²) in [6, 6.07) is 16.9. The largest absolute Gasteiger partial charge is 0.353 e. The van der Waals surface area contributed by atoms with Crippen molar-refractivity contribution in [2.24, 2.45) is 0 Å². The smallest absolute Gasteiger partial charge is 0.147 e. The average molecular weight is 609 g/mol. The minimum Gasteiger partial charge on any atom is -0.353 e. The Kier molecular flexibility index (Phi) is 7.47. The molecule has 0 unspecified atom stereocenters. The van der Waals surface area contributed by atoms with Crippen LogP contribution in [-0.2, 0) is 22.8 Å². The number of rotatable bonds is 8.